The van der Waals surface area contributed by atoms with E-state index in [1.54, 1.807) is 32.2 Å². The van der Waals surface area contributed by atoms with Crippen LogP contribution in [0.3, 0.4) is 0 Å². The molecule has 1 saturated carbocycles. The molecule has 2 aromatic rings. The van der Waals surface area contributed by atoms with Gasteiger partial charge in [0.05, 0.1) is 17.5 Å². The third-order valence-electron chi connectivity index (χ3n) is 13.4. The number of ether oxygens (including phenoxy) is 2. The number of hydrogen-bond donors (Lipinski definition) is 2. The molecule has 54 heavy (non-hydrogen) atoms. The SMILES string of the molecule is C1CCN2CCNC[C@H]2C1.CO[C@@]1(C=O)/C=C/C[C@H](C)[C@@H](C)S(=O)(=O)NC(=O)c2ccc3c(c2)N(C[C@@H]2CC[C@H]21)C[C@@]1(CCCc2cc(Cl)ccc21)CO3. The maximum absolute atomic E-state index is 13.4. The standard InChI is InChI=1S/C34H41ClN2O6S.C8H16N2/c1-22-6-4-15-34(20-38,42-3)29-11-8-26(29)18-37-19-33(14-5-7-24-16-27(35)10-12-28(24)33)21-43-31-13-9-25(17-30(31)37)32(39)36-44(40,41)23(22)2;1-2-5-10-6-4-9-7-8(10)3-1/h4,9-10,12-13,15-17,20,22-23,26,29H,5-8,11,14,18-19,21H2,1-3H3,(H,36,39);8-9H,1-7H2/b15-4+;/t22-,23+,26-,29+,33-,34+;8-/m01/s1. The molecule has 0 radical (unpaired) electrons. The van der Waals surface area contributed by atoms with Crippen LogP contribution in [0.2, 0.25) is 5.02 Å². The van der Waals surface area contributed by atoms with E-state index >= 15 is 0 Å². The molecular weight excluding hydrogens is 724 g/mol. The van der Waals surface area contributed by atoms with Gasteiger partial charge in [0.15, 0.2) is 6.29 Å². The van der Waals surface area contributed by atoms with Gasteiger partial charge >= 0.3 is 0 Å². The number of piperazine rings is 1. The number of rotatable bonds is 2. The van der Waals surface area contributed by atoms with Crippen LogP contribution in [-0.2, 0) is 31.4 Å². The van der Waals surface area contributed by atoms with Crippen LogP contribution in [0.1, 0.15) is 86.7 Å². The molecule has 12 heteroatoms. The number of hydrogen-bond acceptors (Lipinski definition) is 9. The Morgan fingerprint density at radius 3 is 2.67 bits per heavy atom. The molecule has 1 spiro atoms. The number of halogens is 1. The molecule has 294 valence electrons. The minimum absolute atomic E-state index is 0.0434. The predicted octanol–water partition coefficient (Wildman–Crippen LogP) is 5.91. The van der Waals surface area contributed by atoms with Crippen molar-refractivity contribution in [3.8, 4) is 5.75 Å². The number of aldehydes is 1. The number of piperidine rings is 1. The van der Waals surface area contributed by atoms with Crippen LogP contribution in [0.4, 0.5) is 5.69 Å². The molecule has 4 aliphatic heterocycles. The summed E-state index contributed by atoms with van der Waals surface area (Å²) in [6, 6.07) is 12.1. The summed E-state index contributed by atoms with van der Waals surface area (Å²) in [7, 11) is -2.41. The van der Waals surface area contributed by atoms with Gasteiger partial charge in [0.1, 0.15) is 11.4 Å². The monoisotopic (exact) mass is 780 g/mol. The topological polar surface area (TPSA) is 117 Å². The molecule has 2 saturated heterocycles. The summed E-state index contributed by atoms with van der Waals surface area (Å²) in [6.45, 7) is 10.3. The van der Waals surface area contributed by atoms with E-state index in [2.05, 4.69) is 32.0 Å². The van der Waals surface area contributed by atoms with Crippen molar-refractivity contribution in [2.75, 3.05) is 57.9 Å². The molecule has 4 heterocycles. The molecule has 8 rings (SSSR count). The first-order valence-corrected chi connectivity index (χ1v) is 21.9. The number of nitrogens with one attached hydrogen (secondary N) is 2. The third-order valence-corrected chi connectivity index (χ3v) is 15.6. The number of fused-ring (bicyclic) bond motifs is 5. The van der Waals surface area contributed by atoms with Gasteiger partial charge < -0.3 is 19.7 Å². The van der Waals surface area contributed by atoms with E-state index in [1.807, 2.05) is 25.1 Å². The molecule has 0 unspecified atom stereocenters. The number of nitrogens with zero attached hydrogens (tertiary/aromatic N) is 2. The molecule has 3 fully saturated rings. The molecule has 2 aliphatic carbocycles. The van der Waals surface area contributed by atoms with Crippen molar-refractivity contribution in [1.82, 2.24) is 14.9 Å². The zero-order chi connectivity index (χ0) is 38.1. The number of carbonyl (C=O) groups excluding carboxylic acids is 2. The van der Waals surface area contributed by atoms with E-state index in [-0.39, 0.29) is 28.7 Å². The maximum atomic E-state index is 13.4. The lowest BCUT2D eigenvalue weighted by Gasteiger charge is -2.48. The van der Waals surface area contributed by atoms with Gasteiger partial charge in [0.25, 0.3) is 5.91 Å². The number of carbonyl (C=O) groups is 2. The highest BCUT2D eigenvalue weighted by Crippen LogP contribution is 2.48. The molecule has 1 amide bonds. The van der Waals surface area contributed by atoms with Gasteiger partial charge in [-0.1, -0.05) is 37.1 Å². The van der Waals surface area contributed by atoms with Crippen molar-refractivity contribution in [1.29, 1.82) is 0 Å². The smallest absolute Gasteiger partial charge is 0.264 e. The molecule has 0 aromatic heterocycles. The van der Waals surface area contributed by atoms with Gasteiger partial charge in [0.2, 0.25) is 10.0 Å². The summed E-state index contributed by atoms with van der Waals surface area (Å²) in [5.74, 6) is -0.203. The van der Waals surface area contributed by atoms with E-state index in [0.717, 1.165) is 50.1 Å². The molecule has 2 aromatic carbocycles. The van der Waals surface area contributed by atoms with E-state index in [4.69, 9.17) is 21.1 Å². The van der Waals surface area contributed by atoms with Crippen LogP contribution < -0.4 is 19.7 Å². The van der Waals surface area contributed by atoms with Crippen molar-refractivity contribution in [3.63, 3.8) is 0 Å². The Morgan fingerprint density at radius 1 is 1.06 bits per heavy atom. The minimum Gasteiger partial charge on any atom is -0.490 e. The number of methoxy groups -OCH3 is 1. The highest BCUT2D eigenvalue weighted by molar-refractivity contribution is 7.90. The first-order chi connectivity index (χ1) is 26.0. The number of allylic oxidation sites excluding steroid dienone is 1. The lowest BCUT2D eigenvalue weighted by atomic mass is 9.64. The van der Waals surface area contributed by atoms with Crippen LogP contribution in [-0.4, -0.2) is 95.4 Å². The maximum Gasteiger partial charge on any atom is 0.264 e. The second kappa shape index (κ2) is 16.3. The van der Waals surface area contributed by atoms with Crippen LogP contribution in [0.15, 0.2) is 48.6 Å². The number of aryl methyl sites for hydroxylation is 1. The van der Waals surface area contributed by atoms with Crippen LogP contribution in [0.25, 0.3) is 0 Å². The van der Waals surface area contributed by atoms with Crippen molar-refractivity contribution in [2.24, 2.45) is 17.8 Å². The second-order valence-electron chi connectivity index (χ2n) is 16.6. The fourth-order valence-electron chi connectivity index (χ4n) is 9.76. The van der Waals surface area contributed by atoms with E-state index < -0.39 is 26.8 Å². The minimum atomic E-state index is -3.97. The summed E-state index contributed by atoms with van der Waals surface area (Å²) >= 11 is 6.40. The van der Waals surface area contributed by atoms with Crippen molar-refractivity contribution in [2.45, 2.75) is 93.9 Å². The first kappa shape index (κ1) is 39.3. The Hall–Kier alpha value is -2.96. The average molecular weight is 781 g/mol. The first-order valence-electron chi connectivity index (χ1n) is 20.0. The summed E-state index contributed by atoms with van der Waals surface area (Å²) in [5.41, 5.74) is 2.05. The van der Waals surface area contributed by atoms with Gasteiger partial charge in [-0.05, 0) is 124 Å². The highest BCUT2D eigenvalue weighted by Gasteiger charge is 2.49. The van der Waals surface area contributed by atoms with Crippen molar-refractivity contribution in [3.05, 3.63) is 70.3 Å². The van der Waals surface area contributed by atoms with Gasteiger partial charge in [-0.25, -0.2) is 13.1 Å². The van der Waals surface area contributed by atoms with E-state index in [9.17, 15) is 18.0 Å². The largest absolute Gasteiger partial charge is 0.490 e. The number of benzene rings is 2. The zero-order valence-corrected chi connectivity index (χ0v) is 33.6. The molecule has 10 nitrogen and oxygen atoms in total. The van der Waals surface area contributed by atoms with Gasteiger partial charge in [-0.2, -0.15) is 0 Å². The fraction of sp³-hybridized carbons (Fsp3) is 0.619. The van der Waals surface area contributed by atoms with Crippen LogP contribution in [0, 0.1) is 17.8 Å². The third kappa shape index (κ3) is 7.85. The summed E-state index contributed by atoms with van der Waals surface area (Å²) in [6.07, 6.45) is 13.9. The highest BCUT2D eigenvalue weighted by atomic mass is 35.5. The van der Waals surface area contributed by atoms with Gasteiger partial charge in [-0.15, -0.1) is 0 Å². The van der Waals surface area contributed by atoms with Crippen LogP contribution in [0.5, 0.6) is 5.75 Å². The Kier molecular flexibility index (Phi) is 11.8. The Labute approximate surface area is 326 Å². The normalized spacial score (nSPS) is 34.2. The van der Waals surface area contributed by atoms with Gasteiger partial charge in [0, 0.05) is 67.8 Å². The van der Waals surface area contributed by atoms with Crippen molar-refractivity contribution >= 4 is 39.5 Å². The predicted molar refractivity (Wildman–Crippen MR) is 213 cm³/mol. The van der Waals surface area contributed by atoms with E-state index in [1.165, 1.54) is 56.6 Å². The Morgan fingerprint density at radius 2 is 1.91 bits per heavy atom. The lowest BCUT2D eigenvalue weighted by Crippen LogP contribution is -2.53. The number of amides is 1. The molecule has 2 bridgehead atoms. The molecular formula is C42H57ClN4O6S. The quantitative estimate of drug-likeness (QED) is 0.284. The lowest BCUT2D eigenvalue weighted by molar-refractivity contribution is -0.135. The van der Waals surface area contributed by atoms with E-state index in [0.29, 0.717) is 36.9 Å². The summed E-state index contributed by atoms with van der Waals surface area (Å²) in [4.78, 5) is 31.0. The Balaban J connectivity index is 0.000000386. The Bertz CT molecular complexity index is 1810. The van der Waals surface area contributed by atoms with Crippen LogP contribution >= 0.6 is 11.6 Å². The molecule has 7 atom stereocenters. The second-order valence-corrected chi connectivity index (χ2v) is 19.1. The van der Waals surface area contributed by atoms with Gasteiger partial charge in [-0.3, -0.25) is 14.5 Å². The average Bonchev–Trinajstić information content (AvgIpc) is 3.32. The van der Waals surface area contributed by atoms with Crippen molar-refractivity contribution < 1.29 is 27.5 Å². The molecule has 2 N–H and O–H groups in total. The molecule has 6 aliphatic rings. The number of sulfonamides is 1. The number of anilines is 1. The fourth-order valence-corrected chi connectivity index (χ4v) is 11.2. The summed E-state index contributed by atoms with van der Waals surface area (Å²) in [5, 5.41) is 3.32. The summed E-state index contributed by atoms with van der Waals surface area (Å²) < 4.78 is 41.3. The zero-order valence-electron chi connectivity index (χ0n) is 32.0.